The van der Waals surface area contributed by atoms with Crippen LogP contribution in [0.3, 0.4) is 0 Å². The van der Waals surface area contributed by atoms with Gasteiger partial charge in [0.2, 0.25) is 5.91 Å². The zero-order valence-corrected chi connectivity index (χ0v) is 14.7. The van der Waals surface area contributed by atoms with E-state index in [1.807, 2.05) is 26.0 Å². The Balaban J connectivity index is 1.84. The van der Waals surface area contributed by atoms with Crippen molar-refractivity contribution in [2.45, 2.75) is 20.4 Å². The summed E-state index contributed by atoms with van der Waals surface area (Å²) in [5.74, 6) is -1.55. The number of carbonyl (C=O) groups excluding carboxylic acids is 2. The Morgan fingerprint density at radius 2 is 1.88 bits per heavy atom. The maximum Gasteiger partial charge on any atom is 0.420 e. The molecule has 0 aliphatic carbocycles. The van der Waals surface area contributed by atoms with E-state index in [1.54, 1.807) is 12.1 Å². The number of carbonyl (C=O) groups is 2. The van der Waals surface area contributed by atoms with Crippen molar-refractivity contribution in [3.05, 3.63) is 63.6 Å². The van der Waals surface area contributed by atoms with Crippen LogP contribution in [0.25, 0.3) is 11.1 Å². The van der Waals surface area contributed by atoms with Crippen LogP contribution < -0.4 is 11.1 Å². The van der Waals surface area contributed by atoms with Crippen molar-refractivity contribution in [2.24, 2.45) is 0 Å². The maximum absolute atomic E-state index is 12.3. The minimum absolute atomic E-state index is 0.198. The van der Waals surface area contributed by atoms with Crippen molar-refractivity contribution in [1.29, 1.82) is 0 Å². The van der Waals surface area contributed by atoms with Gasteiger partial charge in [0.25, 0.3) is 0 Å². The van der Waals surface area contributed by atoms with Crippen LogP contribution in [0.5, 0.6) is 0 Å². The lowest BCUT2D eigenvalue weighted by molar-refractivity contribution is -0.116. The molecule has 0 radical (unpaired) electrons. The lowest BCUT2D eigenvalue weighted by Crippen LogP contribution is -2.24. The Morgan fingerprint density at radius 3 is 2.58 bits per heavy atom. The number of ether oxygens (including phenoxy) is 1. The Kier molecular flexibility index (Phi) is 4.62. The normalized spacial score (nSPS) is 10.7. The summed E-state index contributed by atoms with van der Waals surface area (Å²) in [4.78, 5) is 36.0. The molecule has 0 saturated carbocycles. The SMILES string of the molecule is COC(=O)c1ccc2c(c1)oc(=O)n2CC(=O)Nc1ccc(C)c(C)c1. The maximum atomic E-state index is 12.3. The number of amides is 1. The number of benzene rings is 2. The van der Waals surface area contributed by atoms with E-state index in [2.05, 4.69) is 10.1 Å². The molecule has 0 atom stereocenters. The van der Waals surface area contributed by atoms with Gasteiger partial charge < -0.3 is 14.5 Å². The summed E-state index contributed by atoms with van der Waals surface area (Å²) in [6, 6.07) is 10.1. The number of oxazole rings is 1. The minimum atomic E-state index is -0.669. The number of aromatic nitrogens is 1. The molecule has 0 aliphatic heterocycles. The fourth-order valence-corrected chi connectivity index (χ4v) is 2.62. The molecule has 7 heteroatoms. The van der Waals surface area contributed by atoms with Crippen molar-refractivity contribution in [3.8, 4) is 0 Å². The molecule has 1 heterocycles. The van der Waals surface area contributed by atoms with Gasteiger partial charge in [-0.3, -0.25) is 9.36 Å². The summed E-state index contributed by atoms with van der Waals surface area (Å²) in [5.41, 5.74) is 3.76. The predicted molar refractivity (Wildman–Crippen MR) is 96.4 cm³/mol. The standard InChI is InChI=1S/C19H18N2O5/c1-11-4-6-14(8-12(11)2)20-17(22)10-21-15-7-5-13(18(23)25-3)9-16(15)26-19(21)24/h4-9H,10H2,1-3H3,(H,20,22). The van der Waals surface area contributed by atoms with E-state index >= 15 is 0 Å². The third kappa shape index (κ3) is 3.37. The largest absolute Gasteiger partial charge is 0.465 e. The van der Waals surface area contributed by atoms with E-state index in [4.69, 9.17) is 4.42 Å². The molecule has 2 aromatic carbocycles. The molecule has 1 amide bonds. The van der Waals surface area contributed by atoms with Gasteiger partial charge in [-0.1, -0.05) is 6.07 Å². The van der Waals surface area contributed by atoms with Crippen LogP contribution in [-0.4, -0.2) is 23.6 Å². The number of nitrogens with zero attached hydrogens (tertiary/aromatic N) is 1. The Hall–Kier alpha value is -3.35. The van der Waals surface area contributed by atoms with Crippen LogP contribution in [0.2, 0.25) is 0 Å². The zero-order valence-electron chi connectivity index (χ0n) is 14.7. The Bertz CT molecular complexity index is 1060. The summed E-state index contributed by atoms with van der Waals surface area (Å²) in [7, 11) is 1.27. The van der Waals surface area contributed by atoms with E-state index < -0.39 is 11.7 Å². The molecular formula is C19H18N2O5. The second kappa shape index (κ2) is 6.87. The average Bonchev–Trinajstić information content (AvgIpc) is 2.92. The van der Waals surface area contributed by atoms with Crippen LogP contribution in [0.15, 0.2) is 45.6 Å². The van der Waals surface area contributed by atoms with Crippen LogP contribution >= 0.6 is 0 Å². The lowest BCUT2D eigenvalue weighted by atomic mass is 10.1. The van der Waals surface area contributed by atoms with Crippen molar-refractivity contribution in [2.75, 3.05) is 12.4 Å². The molecule has 1 aromatic heterocycles. The molecule has 0 unspecified atom stereocenters. The number of fused-ring (bicyclic) bond motifs is 1. The van der Waals surface area contributed by atoms with E-state index in [1.165, 1.54) is 23.8 Å². The van der Waals surface area contributed by atoms with Gasteiger partial charge in [0.05, 0.1) is 18.2 Å². The molecule has 26 heavy (non-hydrogen) atoms. The first-order valence-electron chi connectivity index (χ1n) is 7.98. The molecule has 0 fully saturated rings. The summed E-state index contributed by atoms with van der Waals surface area (Å²) < 4.78 is 11.0. The highest BCUT2D eigenvalue weighted by Crippen LogP contribution is 2.17. The molecule has 0 saturated heterocycles. The topological polar surface area (TPSA) is 90.5 Å². The van der Waals surface area contributed by atoms with Crippen molar-refractivity contribution < 1.29 is 18.7 Å². The lowest BCUT2D eigenvalue weighted by Gasteiger charge is -2.08. The fraction of sp³-hybridized carbons (Fsp3) is 0.211. The monoisotopic (exact) mass is 354 g/mol. The highest BCUT2D eigenvalue weighted by atomic mass is 16.5. The molecule has 0 bridgehead atoms. The number of esters is 1. The first-order valence-corrected chi connectivity index (χ1v) is 7.98. The smallest absolute Gasteiger partial charge is 0.420 e. The number of methoxy groups -OCH3 is 1. The van der Waals surface area contributed by atoms with Gasteiger partial charge in [0, 0.05) is 5.69 Å². The molecule has 7 nitrogen and oxygen atoms in total. The molecule has 3 aromatic rings. The van der Waals surface area contributed by atoms with Crippen LogP contribution in [0.1, 0.15) is 21.5 Å². The van der Waals surface area contributed by atoms with Crippen LogP contribution in [-0.2, 0) is 16.1 Å². The Labute approximate surface area is 149 Å². The quantitative estimate of drug-likeness (QED) is 0.728. The zero-order chi connectivity index (χ0) is 18.8. The molecular weight excluding hydrogens is 336 g/mol. The minimum Gasteiger partial charge on any atom is -0.465 e. The number of hydrogen-bond donors (Lipinski definition) is 1. The number of nitrogens with one attached hydrogen (secondary N) is 1. The van der Waals surface area contributed by atoms with Gasteiger partial charge >= 0.3 is 11.7 Å². The second-order valence-corrected chi connectivity index (χ2v) is 5.98. The van der Waals surface area contributed by atoms with Crippen molar-refractivity contribution in [1.82, 2.24) is 4.57 Å². The number of anilines is 1. The molecule has 134 valence electrons. The van der Waals surface area contributed by atoms with Gasteiger partial charge in [-0.15, -0.1) is 0 Å². The molecule has 0 aliphatic rings. The van der Waals surface area contributed by atoms with Gasteiger partial charge in [-0.2, -0.15) is 0 Å². The third-order valence-corrected chi connectivity index (χ3v) is 4.18. The van der Waals surface area contributed by atoms with Gasteiger partial charge in [0.1, 0.15) is 6.54 Å². The summed E-state index contributed by atoms with van der Waals surface area (Å²) in [5, 5.41) is 2.76. The Morgan fingerprint density at radius 1 is 1.12 bits per heavy atom. The number of aryl methyl sites for hydroxylation is 2. The average molecular weight is 354 g/mol. The van der Waals surface area contributed by atoms with Gasteiger partial charge in [0.15, 0.2) is 5.58 Å². The highest BCUT2D eigenvalue weighted by molar-refractivity contribution is 5.94. The summed E-state index contributed by atoms with van der Waals surface area (Å²) in [6.45, 7) is 3.75. The van der Waals surface area contributed by atoms with E-state index in [0.29, 0.717) is 11.2 Å². The van der Waals surface area contributed by atoms with Crippen molar-refractivity contribution in [3.63, 3.8) is 0 Å². The number of hydrogen-bond acceptors (Lipinski definition) is 5. The predicted octanol–water partition coefficient (Wildman–Crippen LogP) is 2.64. The van der Waals surface area contributed by atoms with Crippen molar-refractivity contribution >= 4 is 28.7 Å². The third-order valence-electron chi connectivity index (χ3n) is 4.18. The second-order valence-electron chi connectivity index (χ2n) is 5.98. The fourth-order valence-electron chi connectivity index (χ4n) is 2.62. The van der Waals surface area contributed by atoms with Gasteiger partial charge in [-0.05, 0) is 55.3 Å². The summed E-state index contributed by atoms with van der Waals surface area (Å²) >= 11 is 0. The van der Waals surface area contributed by atoms with E-state index in [0.717, 1.165) is 11.1 Å². The highest BCUT2D eigenvalue weighted by Gasteiger charge is 2.15. The van der Waals surface area contributed by atoms with Crippen LogP contribution in [0.4, 0.5) is 5.69 Å². The first-order chi connectivity index (χ1) is 12.4. The number of rotatable bonds is 4. The van der Waals surface area contributed by atoms with Gasteiger partial charge in [-0.25, -0.2) is 9.59 Å². The first kappa shape index (κ1) is 17.5. The molecule has 0 spiro atoms. The molecule has 1 N–H and O–H groups in total. The van der Waals surface area contributed by atoms with Crippen LogP contribution in [0, 0.1) is 13.8 Å². The summed E-state index contributed by atoms with van der Waals surface area (Å²) in [6.07, 6.45) is 0. The molecule has 3 rings (SSSR count). The van der Waals surface area contributed by atoms with E-state index in [9.17, 15) is 14.4 Å². The van der Waals surface area contributed by atoms with E-state index in [-0.39, 0.29) is 23.6 Å².